The van der Waals surface area contributed by atoms with E-state index < -0.39 is 0 Å². The van der Waals surface area contributed by atoms with Gasteiger partial charge in [-0.3, -0.25) is 4.79 Å². The molecule has 1 saturated carbocycles. The molecule has 0 saturated heterocycles. The second-order valence-corrected chi connectivity index (χ2v) is 6.24. The van der Waals surface area contributed by atoms with Crippen molar-refractivity contribution in [3.8, 4) is 0 Å². The van der Waals surface area contributed by atoms with Crippen molar-refractivity contribution in [2.24, 2.45) is 11.7 Å². The number of carbonyl (C=O) groups excluding carboxylic acids is 1. The van der Waals surface area contributed by atoms with E-state index in [1.54, 1.807) is 0 Å². The van der Waals surface area contributed by atoms with Crippen LogP contribution >= 0.6 is 24.0 Å². The molecule has 2 rings (SSSR count). The minimum absolute atomic E-state index is 0. The van der Waals surface area contributed by atoms with Gasteiger partial charge < -0.3 is 11.1 Å². The van der Waals surface area contributed by atoms with Crippen molar-refractivity contribution in [1.29, 1.82) is 0 Å². The molecule has 5 heteroatoms. The van der Waals surface area contributed by atoms with Crippen LogP contribution in [0.1, 0.15) is 50.6 Å². The summed E-state index contributed by atoms with van der Waals surface area (Å²) in [5, 5.41) is 3.90. The molecule has 0 radical (unpaired) electrons. The lowest BCUT2D eigenvalue weighted by Crippen LogP contribution is -2.36. The maximum atomic E-state index is 12.0. The highest BCUT2D eigenvalue weighted by atomic mass is 35.5. The molecule has 1 aliphatic rings. The molecule has 0 heterocycles. The lowest BCUT2D eigenvalue weighted by molar-refractivity contribution is -0.122. The molecular formula is C16H24Cl2N2O. The summed E-state index contributed by atoms with van der Waals surface area (Å²) < 4.78 is 0. The predicted molar refractivity (Wildman–Crippen MR) is 89.8 cm³/mol. The highest BCUT2D eigenvalue weighted by molar-refractivity contribution is 6.30. The van der Waals surface area contributed by atoms with E-state index in [0.29, 0.717) is 12.3 Å². The summed E-state index contributed by atoms with van der Waals surface area (Å²) in [5.74, 6) is 0.643. The molecule has 0 aliphatic heterocycles. The molecule has 2 unspecified atom stereocenters. The first-order valence-corrected chi connectivity index (χ1v) is 7.74. The van der Waals surface area contributed by atoms with Crippen LogP contribution in [-0.4, -0.2) is 11.9 Å². The predicted octanol–water partition coefficient (Wildman–Crippen LogP) is 3.85. The number of nitrogens with two attached hydrogens (primary N) is 1. The molecular weight excluding hydrogens is 307 g/mol. The first kappa shape index (κ1) is 18.3. The van der Waals surface area contributed by atoms with E-state index in [4.69, 9.17) is 17.3 Å². The third kappa shape index (κ3) is 5.50. The zero-order valence-corrected chi connectivity index (χ0v) is 13.9. The number of halogens is 2. The third-order valence-electron chi connectivity index (χ3n) is 3.99. The summed E-state index contributed by atoms with van der Waals surface area (Å²) in [7, 11) is 0. The first-order valence-electron chi connectivity index (χ1n) is 7.36. The fourth-order valence-corrected chi connectivity index (χ4v) is 2.65. The van der Waals surface area contributed by atoms with Gasteiger partial charge in [0.1, 0.15) is 0 Å². The topological polar surface area (TPSA) is 55.1 Å². The number of hydrogen-bond donors (Lipinski definition) is 2. The summed E-state index contributed by atoms with van der Waals surface area (Å²) in [6, 6.07) is 7.97. The second-order valence-electron chi connectivity index (χ2n) is 5.80. The van der Waals surface area contributed by atoms with Gasteiger partial charge in [-0.25, -0.2) is 0 Å². The number of amides is 1. The molecule has 118 valence electrons. The standard InChI is InChI=1S/C16H23ClN2O.ClH/c1-11(18)5-10-15(20)19-16(12-3-2-4-12)13-6-8-14(17)9-7-13;/h6-9,11-12,16H,2-5,10,18H2,1H3,(H,19,20);1H. The van der Waals surface area contributed by atoms with Crippen LogP contribution in [0.3, 0.4) is 0 Å². The summed E-state index contributed by atoms with van der Waals surface area (Å²) in [6.07, 6.45) is 4.84. The molecule has 0 bridgehead atoms. The highest BCUT2D eigenvalue weighted by Crippen LogP contribution is 2.38. The maximum Gasteiger partial charge on any atom is 0.220 e. The van der Waals surface area contributed by atoms with Crippen LogP contribution in [0.15, 0.2) is 24.3 Å². The highest BCUT2D eigenvalue weighted by Gasteiger charge is 2.29. The molecule has 1 aliphatic carbocycles. The molecule has 2 atom stereocenters. The Morgan fingerprint density at radius 2 is 2.00 bits per heavy atom. The van der Waals surface area contributed by atoms with Crippen molar-refractivity contribution in [3.63, 3.8) is 0 Å². The van der Waals surface area contributed by atoms with Gasteiger partial charge in [-0.15, -0.1) is 12.4 Å². The smallest absolute Gasteiger partial charge is 0.220 e. The molecule has 3 N–H and O–H groups in total. The Morgan fingerprint density at radius 3 is 2.48 bits per heavy atom. The fraction of sp³-hybridized carbons (Fsp3) is 0.562. The molecule has 0 spiro atoms. The van der Waals surface area contributed by atoms with Crippen molar-refractivity contribution in [3.05, 3.63) is 34.9 Å². The van der Waals surface area contributed by atoms with E-state index >= 15 is 0 Å². The van der Waals surface area contributed by atoms with Crippen LogP contribution in [0.5, 0.6) is 0 Å². The van der Waals surface area contributed by atoms with Gasteiger partial charge >= 0.3 is 0 Å². The van der Waals surface area contributed by atoms with E-state index in [9.17, 15) is 4.79 Å². The second kappa shape index (κ2) is 8.62. The lowest BCUT2D eigenvalue weighted by Gasteiger charge is -2.34. The van der Waals surface area contributed by atoms with E-state index in [1.165, 1.54) is 19.3 Å². The van der Waals surface area contributed by atoms with Gasteiger partial charge in [0.25, 0.3) is 0 Å². The maximum absolute atomic E-state index is 12.0. The monoisotopic (exact) mass is 330 g/mol. The fourth-order valence-electron chi connectivity index (χ4n) is 2.52. The minimum atomic E-state index is 0. The molecule has 3 nitrogen and oxygen atoms in total. The Labute approximate surface area is 138 Å². The van der Waals surface area contributed by atoms with Gasteiger partial charge in [-0.1, -0.05) is 30.2 Å². The molecule has 0 aromatic heterocycles. The summed E-state index contributed by atoms with van der Waals surface area (Å²) in [6.45, 7) is 1.93. The Bertz CT molecular complexity index is 444. The van der Waals surface area contributed by atoms with Crippen molar-refractivity contribution in [2.75, 3.05) is 0 Å². The van der Waals surface area contributed by atoms with Crippen LogP contribution in [0.2, 0.25) is 5.02 Å². The average molecular weight is 331 g/mol. The van der Waals surface area contributed by atoms with Crippen molar-refractivity contribution < 1.29 is 4.79 Å². The number of carbonyl (C=O) groups is 1. The van der Waals surface area contributed by atoms with E-state index in [0.717, 1.165) is 17.0 Å². The molecule has 1 fully saturated rings. The zero-order chi connectivity index (χ0) is 14.5. The molecule has 1 aromatic rings. The summed E-state index contributed by atoms with van der Waals surface area (Å²) in [4.78, 5) is 12.0. The van der Waals surface area contributed by atoms with Crippen LogP contribution in [-0.2, 0) is 4.79 Å². The van der Waals surface area contributed by atoms with E-state index in [1.807, 2.05) is 31.2 Å². The van der Waals surface area contributed by atoms with Crippen LogP contribution < -0.4 is 11.1 Å². The number of rotatable bonds is 6. The molecule has 1 amide bonds. The van der Waals surface area contributed by atoms with Crippen molar-refractivity contribution in [1.82, 2.24) is 5.32 Å². The third-order valence-corrected chi connectivity index (χ3v) is 4.25. The van der Waals surface area contributed by atoms with Gasteiger partial charge in [0.2, 0.25) is 5.91 Å². The SMILES string of the molecule is CC(N)CCC(=O)NC(c1ccc(Cl)cc1)C1CCC1.Cl. The van der Waals surface area contributed by atoms with E-state index in [2.05, 4.69) is 5.32 Å². The largest absolute Gasteiger partial charge is 0.349 e. The van der Waals surface area contributed by atoms with Crippen molar-refractivity contribution in [2.45, 2.75) is 51.1 Å². The van der Waals surface area contributed by atoms with Crippen LogP contribution in [0, 0.1) is 5.92 Å². The van der Waals surface area contributed by atoms with Crippen LogP contribution in [0.4, 0.5) is 0 Å². The average Bonchev–Trinajstić information content (AvgIpc) is 2.34. The Kier molecular flexibility index (Phi) is 7.50. The normalized spacial score (nSPS) is 17.3. The van der Waals surface area contributed by atoms with Gasteiger partial charge in [0, 0.05) is 17.5 Å². The molecule has 21 heavy (non-hydrogen) atoms. The number of nitrogens with one attached hydrogen (secondary N) is 1. The van der Waals surface area contributed by atoms with E-state index in [-0.39, 0.29) is 30.4 Å². The summed E-state index contributed by atoms with van der Waals surface area (Å²) in [5.41, 5.74) is 6.85. The number of benzene rings is 1. The van der Waals surface area contributed by atoms with Gasteiger partial charge in [-0.05, 0) is 49.8 Å². The Morgan fingerprint density at radius 1 is 1.38 bits per heavy atom. The quantitative estimate of drug-likeness (QED) is 0.832. The lowest BCUT2D eigenvalue weighted by atomic mass is 9.77. The minimum Gasteiger partial charge on any atom is -0.349 e. The number of hydrogen-bond acceptors (Lipinski definition) is 2. The Hall–Kier alpha value is -0.770. The van der Waals surface area contributed by atoms with Crippen molar-refractivity contribution >= 4 is 29.9 Å². The van der Waals surface area contributed by atoms with Gasteiger partial charge in [-0.2, -0.15) is 0 Å². The van der Waals surface area contributed by atoms with Gasteiger partial charge in [0.15, 0.2) is 0 Å². The van der Waals surface area contributed by atoms with Gasteiger partial charge in [0.05, 0.1) is 6.04 Å². The summed E-state index contributed by atoms with van der Waals surface area (Å²) >= 11 is 5.93. The zero-order valence-electron chi connectivity index (χ0n) is 12.3. The Balaban J connectivity index is 0.00000220. The first-order chi connectivity index (χ1) is 9.56. The molecule has 1 aromatic carbocycles. The van der Waals surface area contributed by atoms with Crippen LogP contribution in [0.25, 0.3) is 0 Å².